The quantitative estimate of drug-likeness (QED) is 0.712. The molecule has 0 heterocycles. The molecule has 0 spiro atoms. The maximum Gasteiger partial charge on any atom is 0.225 e. The highest BCUT2D eigenvalue weighted by Gasteiger charge is 2.01. The molecule has 0 bridgehead atoms. The van der Waals surface area contributed by atoms with E-state index < -0.39 is 0 Å². The zero-order valence-corrected chi connectivity index (χ0v) is 10.8. The van der Waals surface area contributed by atoms with Crippen LogP contribution in [0.5, 0.6) is 0 Å². The van der Waals surface area contributed by atoms with Crippen LogP contribution in [0.1, 0.15) is 32.3 Å². The van der Waals surface area contributed by atoms with E-state index in [0.29, 0.717) is 6.42 Å². The molecule has 0 aliphatic carbocycles. The summed E-state index contributed by atoms with van der Waals surface area (Å²) in [5.41, 5.74) is 2.16. The fraction of sp³-hybridized carbons (Fsp3) is 0.500. The smallest absolute Gasteiger partial charge is 0.225 e. The molecule has 0 radical (unpaired) electrons. The second-order valence-electron chi connectivity index (χ2n) is 4.10. The highest BCUT2D eigenvalue weighted by Crippen LogP contribution is 2.09. The Hall–Kier alpha value is -1.35. The van der Waals surface area contributed by atoms with Crippen molar-refractivity contribution in [3.8, 4) is 0 Å². The van der Waals surface area contributed by atoms with E-state index in [1.54, 1.807) is 0 Å². The molecule has 94 valence electrons. The number of anilines is 1. The van der Waals surface area contributed by atoms with Crippen molar-refractivity contribution in [2.75, 3.05) is 18.4 Å². The Kier molecular flexibility index (Phi) is 6.33. The number of carbonyl (C=O) groups excluding carboxylic acids is 1. The van der Waals surface area contributed by atoms with Gasteiger partial charge in [0, 0.05) is 18.7 Å². The first-order chi connectivity index (χ1) is 8.26. The van der Waals surface area contributed by atoms with Crippen LogP contribution in [0.3, 0.4) is 0 Å². The van der Waals surface area contributed by atoms with Crippen molar-refractivity contribution in [3.05, 3.63) is 29.8 Å². The van der Waals surface area contributed by atoms with Gasteiger partial charge in [-0.05, 0) is 37.1 Å². The van der Waals surface area contributed by atoms with Crippen molar-refractivity contribution in [2.24, 2.45) is 0 Å². The van der Waals surface area contributed by atoms with Crippen LogP contribution in [0, 0.1) is 0 Å². The number of hydrogen-bond acceptors (Lipinski definition) is 2. The topological polar surface area (TPSA) is 41.1 Å². The summed E-state index contributed by atoms with van der Waals surface area (Å²) < 4.78 is 0. The Morgan fingerprint density at radius 3 is 2.41 bits per heavy atom. The van der Waals surface area contributed by atoms with Crippen molar-refractivity contribution >= 4 is 11.6 Å². The average Bonchev–Trinajstić information content (AvgIpc) is 2.36. The summed E-state index contributed by atoms with van der Waals surface area (Å²) in [4.78, 5) is 11.6. The van der Waals surface area contributed by atoms with Crippen LogP contribution < -0.4 is 10.6 Å². The highest BCUT2D eigenvalue weighted by atomic mass is 16.1. The lowest BCUT2D eigenvalue weighted by Gasteiger charge is -2.06. The van der Waals surface area contributed by atoms with Crippen molar-refractivity contribution in [1.29, 1.82) is 0 Å². The van der Waals surface area contributed by atoms with E-state index in [1.807, 2.05) is 24.3 Å². The summed E-state index contributed by atoms with van der Waals surface area (Å²) in [5, 5.41) is 6.10. The Morgan fingerprint density at radius 1 is 1.12 bits per heavy atom. The van der Waals surface area contributed by atoms with Gasteiger partial charge in [0.15, 0.2) is 0 Å². The summed E-state index contributed by atoms with van der Waals surface area (Å²) in [6, 6.07) is 8.00. The van der Waals surface area contributed by atoms with Gasteiger partial charge in [0.25, 0.3) is 0 Å². The van der Waals surface area contributed by atoms with E-state index >= 15 is 0 Å². The molecule has 1 aromatic rings. The Morgan fingerprint density at radius 2 is 1.82 bits per heavy atom. The number of hydrogen-bond donors (Lipinski definition) is 2. The molecule has 17 heavy (non-hydrogen) atoms. The molecule has 0 unspecified atom stereocenters. The van der Waals surface area contributed by atoms with Crippen molar-refractivity contribution in [3.63, 3.8) is 0 Å². The van der Waals surface area contributed by atoms with E-state index in [2.05, 4.69) is 24.5 Å². The second-order valence-corrected chi connectivity index (χ2v) is 4.10. The lowest BCUT2D eigenvalue weighted by Crippen LogP contribution is -2.22. The molecule has 0 saturated heterocycles. The van der Waals surface area contributed by atoms with Gasteiger partial charge in [-0.3, -0.25) is 4.79 Å². The summed E-state index contributed by atoms with van der Waals surface area (Å²) in [5.74, 6) is 0.0675. The van der Waals surface area contributed by atoms with Gasteiger partial charge in [-0.2, -0.15) is 0 Å². The Labute approximate surface area is 104 Å². The Balaban J connectivity index is 2.29. The molecule has 0 saturated carbocycles. The summed E-state index contributed by atoms with van der Waals surface area (Å²) in [6.45, 7) is 5.94. The van der Waals surface area contributed by atoms with Crippen LogP contribution >= 0.6 is 0 Å². The SMILES string of the molecule is CCCNCCC(=O)Nc1ccc(CC)cc1. The van der Waals surface area contributed by atoms with Crippen molar-refractivity contribution in [2.45, 2.75) is 33.1 Å². The predicted molar refractivity (Wildman–Crippen MR) is 72.2 cm³/mol. The minimum Gasteiger partial charge on any atom is -0.326 e. The zero-order valence-electron chi connectivity index (χ0n) is 10.8. The van der Waals surface area contributed by atoms with Gasteiger partial charge in [-0.1, -0.05) is 26.0 Å². The van der Waals surface area contributed by atoms with E-state index in [-0.39, 0.29) is 5.91 Å². The fourth-order valence-corrected chi connectivity index (χ4v) is 1.55. The third kappa shape index (κ3) is 5.50. The molecule has 1 rings (SSSR count). The molecule has 0 aliphatic rings. The third-order valence-corrected chi connectivity index (χ3v) is 2.60. The van der Waals surface area contributed by atoms with Crippen LogP contribution in [0.4, 0.5) is 5.69 Å². The maximum absolute atomic E-state index is 11.6. The minimum atomic E-state index is 0.0675. The monoisotopic (exact) mass is 234 g/mol. The molecule has 0 aliphatic heterocycles. The molecule has 1 amide bonds. The standard InChI is InChI=1S/C14H22N2O/c1-3-10-15-11-9-14(17)16-13-7-5-12(4-2)6-8-13/h5-8,15H,3-4,9-11H2,1-2H3,(H,16,17). The number of aryl methyl sites for hydroxylation is 1. The van der Waals surface area contributed by atoms with Gasteiger partial charge in [-0.25, -0.2) is 0 Å². The van der Waals surface area contributed by atoms with E-state index in [0.717, 1.165) is 31.6 Å². The molecule has 1 aromatic carbocycles. The predicted octanol–water partition coefficient (Wildman–Crippen LogP) is 2.58. The van der Waals surface area contributed by atoms with Gasteiger partial charge in [0.2, 0.25) is 5.91 Å². The zero-order chi connectivity index (χ0) is 12.5. The Bertz CT molecular complexity index is 333. The first kappa shape index (κ1) is 13.7. The molecule has 3 nitrogen and oxygen atoms in total. The van der Waals surface area contributed by atoms with Gasteiger partial charge < -0.3 is 10.6 Å². The van der Waals surface area contributed by atoms with Gasteiger partial charge >= 0.3 is 0 Å². The molecule has 3 heteroatoms. The summed E-state index contributed by atoms with van der Waals surface area (Å²) in [6.07, 6.45) is 2.64. The van der Waals surface area contributed by atoms with Gasteiger partial charge in [-0.15, -0.1) is 0 Å². The first-order valence-corrected chi connectivity index (χ1v) is 6.35. The van der Waals surface area contributed by atoms with Crippen molar-refractivity contribution < 1.29 is 4.79 Å². The van der Waals surface area contributed by atoms with Crippen molar-refractivity contribution in [1.82, 2.24) is 5.32 Å². The summed E-state index contributed by atoms with van der Waals surface area (Å²) >= 11 is 0. The van der Waals surface area contributed by atoms with E-state index in [9.17, 15) is 4.79 Å². The number of carbonyl (C=O) groups is 1. The summed E-state index contributed by atoms with van der Waals surface area (Å²) in [7, 11) is 0. The van der Waals surface area contributed by atoms with E-state index in [4.69, 9.17) is 0 Å². The van der Waals surface area contributed by atoms with Crippen LogP contribution in [0.2, 0.25) is 0 Å². The fourth-order valence-electron chi connectivity index (χ4n) is 1.55. The molecule has 0 atom stereocenters. The number of rotatable bonds is 7. The number of amides is 1. The largest absolute Gasteiger partial charge is 0.326 e. The van der Waals surface area contributed by atoms with Crippen LogP contribution in [-0.2, 0) is 11.2 Å². The average molecular weight is 234 g/mol. The first-order valence-electron chi connectivity index (χ1n) is 6.35. The minimum absolute atomic E-state index is 0.0675. The lowest BCUT2D eigenvalue weighted by atomic mass is 10.1. The van der Waals surface area contributed by atoms with Crippen LogP contribution in [0.15, 0.2) is 24.3 Å². The highest BCUT2D eigenvalue weighted by molar-refractivity contribution is 5.90. The number of benzene rings is 1. The molecule has 0 fully saturated rings. The molecular formula is C14H22N2O. The molecular weight excluding hydrogens is 212 g/mol. The normalized spacial score (nSPS) is 10.2. The lowest BCUT2D eigenvalue weighted by molar-refractivity contribution is -0.116. The third-order valence-electron chi connectivity index (χ3n) is 2.60. The maximum atomic E-state index is 11.6. The number of nitrogens with one attached hydrogen (secondary N) is 2. The van der Waals surface area contributed by atoms with E-state index in [1.165, 1.54) is 5.56 Å². The van der Waals surface area contributed by atoms with Gasteiger partial charge in [0.1, 0.15) is 0 Å². The second kappa shape index (κ2) is 7.85. The van der Waals surface area contributed by atoms with Gasteiger partial charge in [0.05, 0.1) is 0 Å². The molecule has 0 aromatic heterocycles. The van der Waals surface area contributed by atoms with Crippen LogP contribution in [-0.4, -0.2) is 19.0 Å². The molecule has 2 N–H and O–H groups in total. The van der Waals surface area contributed by atoms with Crippen LogP contribution in [0.25, 0.3) is 0 Å².